The van der Waals surface area contributed by atoms with Gasteiger partial charge in [0.15, 0.2) is 0 Å². The molecule has 1 amide bonds. The molecule has 33 heavy (non-hydrogen) atoms. The molecule has 2 aromatic heterocycles. The van der Waals surface area contributed by atoms with Crippen LogP contribution in [-0.2, 0) is 20.7 Å². The number of hydrogen-bond donors (Lipinski definition) is 1. The van der Waals surface area contributed by atoms with E-state index in [1.54, 1.807) is 30.4 Å². The van der Waals surface area contributed by atoms with Crippen LogP contribution in [-0.4, -0.2) is 64.4 Å². The molecule has 2 aliphatic heterocycles. The van der Waals surface area contributed by atoms with Crippen molar-refractivity contribution in [2.75, 3.05) is 38.2 Å². The number of rotatable bonds is 7. The number of piperidine rings is 1. The summed E-state index contributed by atoms with van der Waals surface area (Å²) < 4.78 is 5.42. The molecule has 2 saturated heterocycles. The number of aromatic nitrogens is 3. The summed E-state index contributed by atoms with van der Waals surface area (Å²) in [6.07, 6.45) is 8.86. The summed E-state index contributed by atoms with van der Waals surface area (Å²) in [6, 6.07) is 1.82. The van der Waals surface area contributed by atoms with Gasteiger partial charge in [-0.25, -0.2) is 4.98 Å². The van der Waals surface area contributed by atoms with E-state index in [2.05, 4.69) is 20.3 Å². The topological polar surface area (TPSA) is 97.3 Å². The van der Waals surface area contributed by atoms with E-state index in [1.807, 2.05) is 6.07 Å². The Hall–Kier alpha value is -2.58. The van der Waals surface area contributed by atoms with Gasteiger partial charge in [0, 0.05) is 69.6 Å². The number of ether oxygens (including phenoxy) is 1. The average Bonchev–Trinajstić information content (AvgIpc) is 2.85. The minimum atomic E-state index is -0.152. The maximum Gasteiger partial charge on any atom is 0.219 e. The Bertz CT molecular complexity index is 996. The molecule has 2 fully saturated rings. The summed E-state index contributed by atoms with van der Waals surface area (Å²) in [4.78, 5) is 39.7. The third-order valence-corrected chi connectivity index (χ3v) is 6.71. The molecule has 2 aliphatic rings. The van der Waals surface area contributed by atoms with Crippen molar-refractivity contribution in [2.24, 2.45) is 11.8 Å². The number of hydrogen-bond acceptors (Lipinski definition) is 7. The maximum absolute atomic E-state index is 12.9. The lowest BCUT2D eigenvalue weighted by Crippen LogP contribution is -2.41. The van der Waals surface area contributed by atoms with Gasteiger partial charge in [0.2, 0.25) is 5.91 Å². The Morgan fingerprint density at radius 3 is 2.82 bits per heavy atom. The first-order chi connectivity index (χ1) is 16.0. The fourth-order valence-corrected chi connectivity index (χ4v) is 4.60. The third kappa shape index (κ3) is 6.26. The number of carbonyl (C=O) groups excluding carboxylic acids is 2. The molecule has 0 aliphatic carbocycles. The van der Waals surface area contributed by atoms with E-state index < -0.39 is 0 Å². The van der Waals surface area contributed by atoms with Crippen molar-refractivity contribution in [3.05, 3.63) is 35.4 Å². The number of nitrogens with zero attached hydrogens (tertiary/aromatic N) is 4. The van der Waals surface area contributed by atoms with Crippen molar-refractivity contribution in [1.82, 2.24) is 19.9 Å². The van der Waals surface area contributed by atoms with Crippen molar-refractivity contribution >= 4 is 29.1 Å². The van der Waals surface area contributed by atoms with Crippen LogP contribution in [0.25, 0.3) is 11.3 Å². The molecule has 4 heterocycles. The van der Waals surface area contributed by atoms with Crippen molar-refractivity contribution in [2.45, 2.75) is 39.0 Å². The zero-order valence-electron chi connectivity index (χ0n) is 18.9. The van der Waals surface area contributed by atoms with Crippen LogP contribution < -0.4 is 5.32 Å². The molecule has 0 aromatic carbocycles. The first-order valence-corrected chi connectivity index (χ1v) is 11.9. The number of amides is 1. The standard InChI is InChI=1S/C24H30ClN5O3/c1-16(31)30-6-2-3-18(15-30)23(32)10-19-9-20(21(25)12-27-19)22-13-26-14-24(29-22)28-11-17-4-7-33-8-5-17/h9,12-14,17-18H,2-8,10-11,15H2,1H3,(H,28,29)/t18-/m0/s1. The van der Waals surface area contributed by atoms with E-state index in [0.717, 1.165) is 52.0 Å². The van der Waals surface area contributed by atoms with E-state index in [-0.39, 0.29) is 24.0 Å². The van der Waals surface area contributed by atoms with Crippen molar-refractivity contribution < 1.29 is 14.3 Å². The summed E-state index contributed by atoms with van der Waals surface area (Å²) in [7, 11) is 0. The van der Waals surface area contributed by atoms with Crippen LogP contribution in [0.1, 0.15) is 38.3 Å². The molecular formula is C24H30ClN5O3. The third-order valence-electron chi connectivity index (χ3n) is 6.41. The lowest BCUT2D eigenvalue weighted by atomic mass is 9.91. The summed E-state index contributed by atoms with van der Waals surface area (Å²) in [5.41, 5.74) is 1.97. The minimum Gasteiger partial charge on any atom is -0.381 e. The predicted molar refractivity (Wildman–Crippen MR) is 126 cm³/mol. The summed E-state index contributed by atoms with van der Waals surface area (Å²) in [5, 5.41) is 3.83. The van der Waals surface area contributed by atoms with Gasteiger partial charge in [0.1, 0.15) is 11.6 Å². The number of halogens is 1. The second-order valence-corrected chi connectivity index (χ2v) is 9.24. The lowest BCUT2D eigenvalue weighted by Gasteiger charge is -2.31. The fraction of sp³-hybridized carbons (Fsp3) is 0.542. The van der Waals surface area contributed by atoms with Crippen molar-refractivity contribution in [3.8, 4) is 11.3 Å². The monoisotopic (exact) mass is 471 g/mol. The van der Waals surface area contributed by atoms with Gasteiger partial charge in [-0.15, -0.1) is 0 Å². The van der Waals surface area contributed by atoms with Crippen LogP contribution in [0.2, 0.25) is 5.02 Å². The van der Waals surface area contributed by atoms with Gasteiger partial charge >= 0.3 is 0 Å². The second-order valence-electron chi connectivity index (χ2n) is 8.83. The number of ketones is 1. The highest BCUT2D eigenvalue weighted by Gasteiger charge is 2.27. The largest absolute Gasteiger partial charge is 0.381 e. The Morgan fingerprint density at radius 2 is 2.03 bits per heavy atom. The highest BCUT2D eigenvalue weighted by molar-refractivity contribution is 6.33. The lowest BCUT2D eigenvalue weighted by molar-refractivity contribution is -0.133. The maximum atomic E-state index is 12.9. The normalized spacial score (nSPS) is 19.3. The molecule has 1 N–H and O–H groups in total. The van der Waals surface area contributed by atoms with Gasteiger partial charge < -0.3 is 15.0 Å². The molecule has 4 rings (SSSR count). The highest BCUT2D eigenvalue weighted by Crippen LogP contribution is 2.28. The van der Waals surface area contributed by atoms with Crippen LogP contribution >= 0.6 is 11.6 Å². The summed E-state index contributed by atoms with van der Waals surface area (Å²) in [5.74, 6) is 1.21. The number of anilines is 1. The van der Waals surface area contributed by atoms with Crippen LogP contribution in [0.5, 0.6) is 0 Å². The number of pyridine rings is 1. The summed E-state index contributed by atoms with van der Waals surface area (Å²) >= 11 is 6.43. The Labute approximate surface area is 199 Å². The number of likely N-dealkylation sites (tertiary alicyclic amines) is 1. The van der Waals surface area contributed by atoms with Gasteiger partial charge in [-0.1, -0.05) is 11.6 Å². The van der Waals surface area contributed by atoms with Crippen molar-refractivity contribution in [3.63, 3.8) is 0 Å². The molecule has 2 aromatic rings. The van der Waals surface area contributed by atoms with E-state index in [0.29, 0.717) is 40.3 Å². The van der Waals surface area contributed by atoms with E-state index in [4.69, 9.17) is 16.3 Å². The van der Waals surface area contributed by atoms with Gasteiger partial charge in [-0.3, -0.25) is 19.6 Å². The van der Waals surface area contributed by atoms with E-state index in [1.165, 1.54) is 0 Å². The van der Waals surface area contributed by atoms with Gasteiger partial charge in [-0.05, 0) is 37.7 Å². The van der Waals surface area contributed by atoms with E-state index in [9.17, 15) is 9.59 Å². The Kier molecular flexibility index (Phi) is 7.88. The zero-order chi connectivity index (χ0) is 23.2. The highest BCUT2D eigenvalue weighted by atomic mass is 35.5. The molecule has 176 valence electrons. The molecular weight excluding hydrogens is 442 g/mol. The van der Waals surface area contributed by atoms with Gasteiger partial charge in [-0.2, -0.15) is 0 Å². The quantitative estimate of drug-likeness (QED) is 0.660. The molecule has 9 heteroatoms. The molecule has 0 unspecified atom stereocenters. The molecule has 0 bridgehead atoms. The number of Topliss-reactive ketones (excluding diaryl/α,β-unsaturated/α-hetero) is 1. The van der Waals surface area contributed by atoms with E-state index >= 15 is 0 Å². The SMILES string of the molecule is CC(=O)N1CCC[C@H](C(=O)Cc2cc(-c3cncc(NCC4CCOCC4)n3)c(Cl)cn2)C1. The van der Waals surface area contributed by atoms with Crippen LogP contribution in [0.4, 0.5) is 5.82 Å². The number of carbonyl (C=O) groups is 2. The van der Waals surface area contributed by atoms with Gasteiger partial charge in [0.05, 0.1) is 23.1 Å². The van der Waals surface area contributed by atoms with Gasteiger partial charge in [0.25, 0.3) is 0 Å². The van der Waals surface area contributed by atoms with Crippen molar-refractivity contribution in [1.29, 1.82) is 0 Å². The minimum absolute atomic E-state index is 0.0169. The van der Waals surface area contributed by atoms with Crippen LogP contribution in [0, 0.1) is 11.8 Å². The molecule has 0 spiro atoms. The Balaban J connectivity index is 1.43. The molecule has 1 atom stereocenters. The first-order valence-electron chi connectivity index (χ1n) is 11.6. The van der Waals surface area contributed by atoms with Crippen LogP contribution in [0.3, 0.4) is 0 Å². The Morgan fingerprint density at radius 1 is 1.21 bits per heavy atom. The number of nitrogens with one attached hydrogen (secondary N) is 1. The second kappa shape index (κ2) is 11.0. The molecule has 0 radical (unpaired) electrons. The average molecular weight is 472 g/mol. The molecule has 0 saturated carbocycles. The zero-order valence-corrected chi connectivity index (χ0v) is 19.7. The predicted octanol–water partition coefficient (Wildman–Crippen LogP) is 3.40. The first kappa shape index (κ1) is 23.6. The molecule has 8 nitrogen and oxygen atoms in total. The van der Waals surface area contributed by atoms with Crippen LogP contribution in [0.15, 0.2) is 24.7 Å². The fourth-order valence-electron chi connectivity index (χ4n) is 4.40. The smallest absolute Gasteiger partial charge is 0.219 e. The summed E-state index contributed by atoms with van der Waals surface area (Å²) in [6.45, 7) is 5.19.